The molecule has 1 N–H and O–H groups in total. The lowest BCUT2D eigenvalue weighted by atomic mass is 10.3. The van der Waals surface area contributed by atoms with Crippen molar-refractivity contribution in [3.63, 3.8) is 0 Å². The Morgan fingerprint density at radius 1 is 1.57 bits per heavy atom. The highest BCUT2D eigenvalue weighted by Gasteiger charge is 2.05. The summed E-state index contributed by atoms with van der Waals surface area (Å²) >= 11 is 0. The molecule has 0 aromatic carbocycles. The van der Waals surface area contributed by atoms with Gasteiger partial charge in [-0.15, -0.1) is 6.58 Å². The SMILES string of the molecule is C=CCCNc1ncnc(OC)c1C. The average molecular weight is 193 g/mol. The molecule has 0 aliphatic heterocycles. The van der Waals surface area contributed by atoms with Crippen LogP contribution in [0.4, 0.5) is 5.82 Å². The van der Waals surface area contributed by atoms with Crippen LogP contribution in [0.1, 0.15) is 12.0 Å². The highest BCUT2D eigenvalue weighted by Crippen LogP contribution is 2.19. The van der Waals surface area contributed by atoms with Gasteiger partial charge in [0, 0.05) is 6.54 Å². The molecule has 0 saturated carbocycles. The van der Waals surface area contributed by atoms with Crippen molar-refractivity contribution in [3.8, 4) is 5.88 Å². The van der Waals surface area contributed by atoms with E-state index in [4.69, 9.17) is 4.74 Å². The normalized spacial score (nSPS) is 9.57. The highest BCUT2D eigenvalue weighted by atomic mass is 16.5. The van der Waals surface area contributed by atoms with Crippen molar-refractivity contribution in [2.24, 2.45) is 0 Å². The number of aromatic nitrogens is 2. The van der Waals surface area contributed by atoms with E-state index in [-0.39, 0.29) is 0 Å². The van der Waals surface area contributed by atoms with Crippen molar-refractivity contribution in [2.75, 3.05) is 19.0 Å². The van der Waals surface area contributed by atoms with Crippen LogP contribution in [0, 0.1) is 6.92 Å². The standard InChI is InChI=1S/C10H15N3O/c1-4-5-6-11-9-8(2)10(14-3)13-7-12-9/h4,7H,1,5-6H2,2-3H3,(H,11,12,13). The molecule has 0 bridgehead atoms. The summed E-state index contributed by atoms with van der Waals surface area (Å²) in [5.41, 5.74) is 0.930. The Kier molecular flexibility index (Phi) is 3.91. The number of nitrogens with zero attached hydrogens (tertiary/aromatic N) is 2. The molecule has 0 atom stereocenters. The first-order chi connectivity index (χ1) is 6.79. The van der Waals surface area contributed by atoms with Gasteiger partial charge in [-0.25, -0.2) is 9.97 Å². The molecule has 4 nitrogen and oxygen atoms in total. The Labute approximate surface area is 84.0 Å². The zero-order chi connectivity index (χ0) is 10.4. The van der Waals surface area contributed by atoms with Gasteiger partial charge in [-0.3, -0.25) is 0 Å². The van der Waals surface area contributed by atoms with Crippen LogP contribution >= 0.6 is 0 Å². The second-order valence-corrected chi connectivity index (χ2v) is 2.86. The van der Waals surface area contributed by atoms with Gasteiger partial charge in [0.2, 0.25) is 5.88 Å². The van der Waals surface area contributed by atoms with Crippen LogP contribution < -0.4 is 10.1 Å². The van der Waals surface area contributed by atoms with Gasteiger partial charge in [0.05, 0.1) is 12.7 Å². The topological polar surface area (TPSA) is 47.0 Å². The molecule has 1 aromatic rings. The van der Waals surface area contributed by atoms with E-state index in [0.29, 0.717) is 5.88 Å². The summed E-state index contributed by atoms with van der Waals surface area (Å²) in [6, 6.07) is 0. The molecular formula is C10H15N3O. The van der Waals surface area contributed by atoms with E-state index in [2.05, 4.69) is 21.9 Å². The maximum Gasteiger partial charge on any atom is 0.221 e. The van der Waals surface area contributed by atoms with Crippen LogP contribution in [-0.4, -0.2) is 23.6 Å². The molecule has 1 heterocycles. The lowest BCUT2D eigenvalue weighted by molar-refractivity contribution is 0.393. The Hall–Kier alpha value is -1.58. The maximum atomic E-state index is 5.08. The van der Waals surface area contributed by atoms with Crippen molar-refractivity contribution < 1.29 is 4.74 Å². The van der Waals surface area contributed by atoms with E-state index < -0.39 is 0 Å². The zero-order valence-electron chi connectivity index (χ0n) is 8.58. The fourth-order valence-corrected chi connectivity index (χ4v) is 1.11. The van der Waals surface area contributed by atoms with Crippen LogP contribution in [0.3, 0.4) is 0 Å². The number of methoxy groups -OCH3 is 1. The first-order valence-electron chi connectivity index (χ1n) is 4.50. The zero-order valence-corrected chi connectivity index (χ0v) is 8.58. The van der Waals surface area contributed by atoms with E-state index in [0.717, 1.165) is 24.3 Å². The van der Waals surface area contributed by atoms with E-state index in [1.807, 2.05) is 13.0 Å². The molecule has 1 aromatic heterocycles. The molecule has 0 fully saturated rings. The van der Waals surface area contributed by atoms with Gasteiger partial charge < -0.3 is 10.1 Å². The van der Waals surface area contributed by atoms with Crippen LogP contribution in [0.5, 0.6) is 5.88 Å². The number of anilines is 1. The Morgan fingerprint density at radius 2 is 2.36 bits per heavy atom. The number of hydrogen-bond donors (Lipinski definition) is 1. The predicted molar refractivity (Wildman–Crippen MR) is 56.6 cm³/mol. The van der Waals surface area contributed by atoms with Crippen molar-refractivity contribution in [3.05, 3.63) is 24.5 Å². The molecule has 4 heteroatoms. The molecule has 0 unspecified atom stereocenters. The molecular weight excluding hydrogens is 178 g/mol. The van der Waals surface area contributed by atoms with Crippen molar-refractivity contribution in [2.45, 2.75) is 13.3 Å². The van der Waals surface area contributed by atoms with Crippen LogP contribution in [0.25, 0.3) is 0 Å². The minimum absolute atomic E-state index is 0.612. The molecule has 0 aliphatic carbocycles. The van der Waals surface area contributed by atoms with E-state index in [9.17, 15) is 0 Å². The first kappa shape index (κ1) is 10.5. The van der Waals surface area contributed by atoms with Gasteiger partial charge in [-0.2, -0.15) is 0 Å². The Balaban J connectivity index is 2.71. The van der Waals surface area contributed by atoms with Gasteiger partial charge >= 0.3 is 0 Å². The maximum absolute atomic E-state index is 5.08. The molecule has 0 aliphatic rings. The second-order valence-electron chi connectivity index (χ2n) is 2.86. The van der Waals surface area contributed by atoms with Gasteiger partial charge in [0.1, 0.15) is 12.1 Å². The van der Waals surface area contributed by atoms with Crippen LogP contribution in [-0.2, 0) is 0 Å². The molecule has 1 rings (SSSR count). The van der Waals surface area contributed by atoms with Gasteiger partial charge in [-0.05, 0) is 13.3 Å². The molecule has 14 heavy (non-hydrogen) atoms. The fraction of sp³-hybridized carbons (Fsp3) is 0.400. The summed E-state index contributed by atoms with van der Waals surface area (Å²) in [5, 5.41) is 3.19. The summed E-state index contributed by atoms with van der Waals surface area (Å²) in [6.45, 7) is 6.40. The lowest BCUT2D eigenvalue weighted by Gasteiger charge is -2.09. The highest BCUT2D eigenvalue weighted by molar-refractivity contribution is 5.47. The van der Waals surface area contributed by atoms with E-state index in [1.165, 1.54) is 6.33 Å². The van der Waals surface area contributed by atoms with Crippen LogP contribution in [0.2, 0.25) is 0 Å². The molecule has 0 saturated heterocycles. The third-order valence-electron chi connectivity index (χ3n) is 1.87. The molecule has 0 radical (unpaired) electrons. The largest absolute Gasteiger partial charge is 0.481 e. The van der Waals surface area contributed by atoms with E-state index >= 15 is 0 Å². The van der Waals surface area contributed by atoms with Crippen molar-refractivity contribution in [1.29, 1.82) is 0 Å². The summed E-state index contributed by atoms with van der Waals surface area (Å²) in [7, 11) is 1.60. The summed E-state index contributed by atoms with van der Waals surface area (Å²) < 4.78 is 5.08. The quantitative estimate of drug-likeness (QED) is 0.572. The summed E-state index contributed by atoms with van der Waals surface area (Å²) in [5.74, 6) is 1.43. The third-order valence-corrected chi connectivity index (χ3v) is 1.87. The molecule has 76 valence electrons. The Bertz CT molecular complexity index is 312. The number of ether oxygens (including phenoxy) is 1. The monoisotopic (exact) mass is 193 g/mol. The predicted octanol–water partition coefficient (Wildman–Crippen LogP) is 1.78. The van der Waals surface area contributed by atoms with Gasteiger partial charge in [0.15, 0.2) is 0 Å². The molecule has 0 spiro atoms. The summed E-state index contributed by atoms with van der Waals surface area (Å²) in [6.07, 6.45) is 4.26. The van der Waals surface area contributed by atoms with Gasteiger partial charge in [0.25, 0.3) is 0 Å². The Morgan fingerprint density at radius 3 is 3.00 bits per heavy atom. The minimum Gasteiger partial charge on any atom is -0.481 e. The van der Waals surface area contributed by atoms with Gasteiger partial charge in [-0.1, -0.05) is 6.08 Å². The van der Waals surface area contributed by atoms with Crippen LogP contribution in [0.15, 0.2) is 19.0 Å². The number of rotatable bonds is 5. The fourth-order valence-electron chi connectivity index (χ4n) is 1.11. The van der Waals surface area contributed by atoms with Crippen molar-refractivity contribution in [1.82, 2.24) is 9.97 Å². The number of nitrogens with one attached hydrogen (secondary N) is 1. The van der Waals surface area contributed by atoms with Crippen molar-refractivity contribution >= 4 is 5.82 Å². The first-order valence-corrected chi connectivity index (χ1v) is 4.50. The second kappa shape index (κ2) is 5.21. The smallest absolute Gasteiger partial charge is 0.221 e. The molecule has 0 amide bonds. The summed E-state index contributed by atoms with van der Waals surface area (Å²) in [4.78, 5) is 8.11. The lowest BCUT2D eigenvalue weighted by Crippen LogP contribution is -2.05. The van der Waals surface area contributed by atoms with E-state index in [1.54, 1.807) is 7.11 Å². The average Bonchev–Trinajstić information content (AvgIpc) is 2.21. The third kappa shape index (κ3) is 2.45. The number of hydrogen-bond acceptors (Lipinski definition) is 4. The minimum atomic E-state index is 0.612.